The van der Waals surface area contributed by atoms with Crippen LogP contribution >= 0.6 is 11.6 Å². The lowest BCUT2D eigenvalue weighted by molar-refractivity contribution is -0.0539. The molecule has 0 aromatic carbocycles. The molecule has 2 aromatic rings. The maximum Gasteiger partial charge on any atom is 0.316 e. The Bertz CT molecular complexity index is 864. The number of fused-ring (bicyclic) bond motifs is 1. The van der Waals surface area contributed by atoms with Gasteiger partial charge in [-0.25, -0.2) is 0 Å². The number of allylic oxidation sites excluding steroid dienone is 1. The smallest absolute Gasteiger partial charge is 0.316 e. The first-order valence-corrected chi connectivity index (χ1v) is 8.63. The molecule has 0 N–H and O–H groups in total. The van der Waals surface area contributed by atoms with Crippen molar-refractivity contribution in [3.63, 3.8) is 0 Å². The number of hydrogen-bond acceptors (Lipinski definition) is 7. The van der Waals surface area contributed by atoms with E-state index in [9.17, 15) is 4.79 Å². The molecular weight excluding hydrogens is 360 g/mol. The highest BCUT2D eigenvalue weighted by atomic mass is 35.5. The van der Waals surface area contributed by atoms with Crippen LogP contribution in [0.1, 0.15) is 21.9 Å². The maximum atomic E-state index is 12.6. The topological polar surface area (TPSA) is 90.6 Å². The van der Waals surface area contributed by atoms with Gasteiger partial charge in [0.25, 0.3) is 0 Å². The molecule has 1 atom stereocenters. The average molecular weight is 377 g/mol. The van der Waals surface area contributed by atoms with Crippen LogP contribution in [0.5, 0.6) is 0 Å². The predicted octanol–water partition coefficient (Wildman–Crippen LogP) is 1.84. The summed E-state index contributed by atoms with van der Waals surface area (Å²) in [6.07, 6.45) is 6.11. The van der Waals surface area contributed by atoms with Gasteiger partial charge in [-0.3, -0.25) is 9.78 Å². The van der Waals surface area contributed by atoms with E-state index in [1.165, 1.54) is 0 Å². The lowest BCUT2D eigenvalue weighted by atomic mass is 10.1. The van der Waals surface area contributed by atoms with E-state index >= 15 is 0 Å². The largest absolute Gasteiger partial charge is 0.382 e. The highest BCUT2D eigenvalue weighted by Crippen LogP contribution is 2.33. The van der Waals surface area contributed by atoms with Gasteiger partial charge in [-0.05, 0) is 0 Å². The average Bonchev–Trinajstić information content (AvgIpc) is 3.32. The van der Waals surface area contributed by atoms with Crippen LogP contribution in [0.3, 0.4) is 0 Å². The van der Waals surface area contributed by atoms with E-state index in [1.807, 2.05) is 12.2 Å². The third-order valence-electron chi connectivity index (χ3n) is 4.36. The van der Waals surface area contributed by atoms with Crippen molar-refractivity contribution in [2.75, 3.05) is 33.4 Å². The van der Waals surface area contributed by atoms with Gasteiger partial charge in [-0.2, -0.15) is 4.98 Å². The van der Waals surface area contributed by atoms with Crippen LogP contribution in [-0.2, 0) is 15.9 Å². The van der Waals surface area contributed by atoms with Crippen molar-refractivity contribution >= 4 is 23.6 Å². The quantitative estimate of drug-likeness (QED) is 0.804. The van der Waals surface area contributed by atoms with E-state index < -0.39 is 0 Å². The van der Waals surface area contributed by atoms with Crippen molar-refractivity contribution in [3.05, 3.63) is 34.4 Å². The molecule has 1 saturated heterocycles. The normalized spacial score (nSPS) is 19.0. The van der Waals surface area contributed by atoms with Gasteiger partial charge >= 0.3 is 11.8 Å². The molecular formula is C17H17ClN4O4. The van der Waals surface area contributed by atoms with E-state index in [4.69, 9.17) is 25.6 Å². The van der Waals surface area contributed by atoms with Crippen LogP contribution in [0.25, 0.3) is 17.5 Å². The minimum Gasteiger partial charge on any atom is -0.382 e. The Labute approximate surface area is 154 Å². The molecule has 136 valence electrons. The van der Waals surface area contributed by atoms with Crippen molar-refractivity contribution in [3.8, 4) is 11.4 Å². The maximum absolute atomic E-state index is 12.6. The molecule has 0 bridgehead atoms. The fraction of sp³-hybridized carbons (Fsp3) is 0.412. The highest BCUT2D eigenvalue weighted by molar-refractivity contribution is 6.34. The molecule has 0 unspecified atom stereocenters. The van der Waals surface area contributed by atoms with Crippen LogP contribution in [0.15, 0.2) is 16.8 Å². The molecule has 3 heterocycles. The number of carbonyl (C=O) groups excluding carboxylic acids is 1. The fourth-order valence-corrected chi connectivity index (χ4v) is 3.37. The summed E-state index contributed by atoms with van der Waals surface area (Å²) in [6, 6.07) is 0. The summed E-state index contributed by atoms with van der Waals surface area (Å²) >= 11 is 6.44. The summed E-state index contributed by atoms with van der Waals surface area (Å²) < 4.78 is 15.8. The number of morpholine rings is 1. The van der Waals surface area contributed by atoms with Gasteiger partial charge in [0, 0.05) is 38.4 Å². The number of ether oxygens (including phenoxy) is 2. The van der Waals surface area contributed by atoms with E-state index in [0.29, 0.717) is 36.9 Å². The van der Waals surface area contributed by atoms with Crippen molar-refractivity contribution < 1.29 is 18.8 Å². The summed E-state index contributed by atoms with van der Waals surface area (Å²) in [6.45, 7) is 1.73. The summed E-state index contributed by atoms with van der Waals surface area (Å²) in [7, 11) is 1.60. The van der Waals surface area contributed by atoms with Crippen molar-refractivity contribution in [1.82, 2.24) is 20.0 Å². The van der Waals surface area contributed by atoms with Crippen molar-refractivity contribution in [1.29, 1.82) is 0 Å². The fourth-order valence-electron chi connectivity index (χ4n) is 3.06. The van der Waals surface area contributed by atoms with E-state index in [0.717, 1.165) is 17.7 Å². The number of halogens is 1. The molecule has 1 aliphatic heterocycles. The zero-order chi connectivity index (χ0) is 18.1. The Morgan fingerprint density at radius 2 is 2.38 bits per heavy atom. The molecule has 1 aliphatic carbocycles. The summed E-state index contributed by atoms with van der Waals surface area (Å²) in [5.41, 5.74) is 2.31. The number of methoxy groups -OCH3 is 1. The number of hydrogen-bond donors (Lipinski definition) is 0. The van der Waals surface area contributed by atoms with Crippen LogP contribution in [0.4, 0.5) is 0 Å². The van der Waals surface area contributed by atoms with E-state index in [1.54, 1.807) is 18.2 Å². The molecule has 9 heteroatoms. The number of rotatable bonds is 4. The van der Waals surface area contributed by atoms with Gasteiger partial charge < -0.3 is 18.9 Å². The van der Waals surface area contributed by atoms with Crippen LogP contribution in [0.2, 0.25) is 5.02 Å². The second-order valence-corrected chi connectivity index (χ2v) is 6.45. The number of nitrogens with zero attached hydrogens (tertiary/aromatic N) is 4. The molecule has 1 fully saturated rings. The SMILES string of the molecule is COC[C@@H]1CN(C(=O)c2nc(-c3cnc4c(c3Cl)C=CC4)no2)CCO1. The molecule has 0 radical (unpaired) electrons. The minimum absolute atomic E-state index is 0.0785. The zero-order valence-corrected chi connectivity index (χ0v) is 14.9. The number of aromatic nitrogens is 3. The Kier molecular flexibility index (Phi) is 4.71. The van der Waals surface area contributed by atoms with E-state index in [-0.39, 0.29) is 23.7 Å². The molecule has 8 nitrogen and oxygen atoms in total. The first-order valence-electron chi connectivity index (χ1n) is 8.25. The van der Waals surface area contributed by atoms with E-state index in [2.05, 4.69) is 15.1 Å². The van der Waals surface area contributed by atoms with Gasteiger partial charge in [0.2, 0.25) is 5.82 Å². The molecule has 0 saturated carbocycles. The summed E-state index contributed by atoms with van der Waals surface area (Å²) in [5.74, 6) is -0.167. The standard InChI is InChI=1S/C17H17ClN4O4/c1-24-9-10-8-22(5-6-25-10)17(23)16-20-15(21-26-16)12-7-19-13-4-2-3-11(13)14(12)18/h2-3,7,10H,4-6,8-9H2,1H3/t10-/m0/s1. The minimum atomic E-state index is -0.335. The monoisotopic (exact) mass is 376 g/mol. The Morgan fingerprint density at radius 1 is 1.50 bits per heavy atom. The van der Waals surface area contributed by atoms with Gasteiger partial charge in [-0.15, -0.1) is 0 Å². The van der Waals surface area contributed by atoms with Crippen LogP contribution in [0, 0.1) is 0 Å². The Hall–Kier alpha value is -2.29. The van der Waals surface area contributed by atoms with Gasteiger partial charge in [-0.1, -0.05) is 28.9 Å². The molecule has 2 aliphatic rings. The second kappa shape index (κ2) is 7.14. The van der Waals surface area contributed by atoms with Crippen molar-refractivity contribution in [2.24, 2.45) is 0 Å². The lowest BCUT2D eigenvalue weighted by Gasteiger charge is -2.31. The highest BCUT2D eigenvalue weighted by Gasteiger charge is 2.29. The first kappa shape index (κ1) is 17.1. The summed E-state index contributed by atoms with van der Waals surface area (Å²) in [4.78, 5) is 22.9. The van der Waals surface area contributed by atoms with Gasteiger partial charge in [0.1, 0.15) is 0 Å². The lowest BCUT2D eigenvalue weighted by Crippen LogP contribution is -2.47. The van der Waals surface area contributed by atoms with Crippen molar-refractivity contribution in [2.45, 2.75) is 12.5 Å². The third kappa shape index (κ3) is 3.11. The second-order valence-electron chi connectivity index (χ2n) is 6.08. The van der Waals surface area contributed by atoms with Gasteiger partial charge in [0.15, 0.2) is 0 Å². The Morgan fingerprint density at radius 3 is 3.23 bits per heavy atom. The zero-order valence-electron chi connectivity index (χ0n) is 14.1. The first-order chi connectivity index (χ1) is 12.7. The number of pyridine rings is 1. The predicted molar refractivity (Wildman–Crippen MR) is 92.8 cm³/mol. The third-order valence-corrected chi connectivity index (χ3v) is 4.76. The van der Waals surface area contributed by atoms with Gasteiger partial charge in [0.05, 0.1) is 35.6 Å². The molecule has 2 aromatic heterocycles. The molecule has 0 spiro atoms. The van der Waals surface area contributed by atoms with Crippen LogP contribution < -0.4 is 0 Å². The summed E-state index contributed by atoms with van der Waals surface area (Å²) in [5, 5.41) is 4.42. The molecule has 1 amide bonds. The number of amides is 1. The molecule has 26 heavy (non-hydrogen) atoms. The van der Waals surface area contributed by atoms with Crippen LogP contribution in [-0.4, -0.2) is 65.4 Å². The Balaban J connectivity index is 1.55. The molecule has 4 rings (SSSR count). The number of carbonyl (C=O) groups is 1.